The summed E-state index contributed by atoms with van der Waals surface area (Å²) in [5.74, 6) is -0.681. The van der Waals surface area contributed by atoms with Crippen molar-refractivity contribution in [1.82, 2.24) is 0 Å². The molecule has 0 amide bonds. The first-order valence-corrected chi connectivity index (χ1v) is 7.46. The fraction of sp³-hybridized carbons (Fsp3) is 0.647. The van der Waals surface area contributed by atoms with Gasteiger partial charge in [0.25, 0.3) is 0 Å². The standard InChI is InChI=1S/C17H24F2O/c1-4-16(2,3)12-5-7-17(20,8-6-12)13-9-14(18)11-15(19)10-13/h9-12,20H,4-8H2,1-3H3. The zero-order valence-corrected chi connectivity index (χ0v) is 12.5. The second-order valence-corrected chi connectivity index (χ2v) is 6.81. The van der Waals surface area contributed by atoms with E-state index in [9.17, 15) is 13.9 Å². The summed E-state index contributed by atoms with van der Waals surface area (Å²) in [5.41, 5.74) is -0.444. The highest BCUT2D eigenvalue weighted by Crippen LogP contribution is 2.46. The van der Waals surface area contributed by atoms with Crippen LogP contribution < -0.4 is 0 Å². The lowest BCUT2D eigenvalue weighted by molar-refractivity contribution is -0.0332. The van der Waals surface area contributed by atoms with E-state index in [1.165, 1.54) is 12.1 Å². The van der Waals surface area contributed by atoms with Gasteiger partial charge in [0, 0.05) is 6.07 Å². The monoisotopic (exact) mass is 282 g/mol. The average molecular weight is 282 g/mol. The van der Waals surface area contributed by atoms with Crippen molar-refractivity contribution < 1.29 is 13.9 Å². The van der Waals surface area contributed by atoms with Gasteiger partial charge >= 0.3 is 0 Å². The Morgan fingerprint density at radius 2 is 1.65 bits per heavy atom. The molecule has 1 aliphatic rings. The number of benzene rings is 1. The van der Waals surface area contributed by atoms with Crippen LogP contribution in [-0.4, -0.2) is 5.11 Å². The summed E-state index contributed by atoms with van der Waals surface area (Å²) in [6.45, 7) is 6.69. The first-order valence-electron chi connectivity index (χ1n) is 7.46. The van der Waals surface area contributed by atoms with Gasteiger partial charge in [0.2, 0.25) is 0 Å². The molecule has 1 aliphatic carbocycles. The lowest BCUT2D eigenvalue weighted by Crippen LogP contribution is -2.36. The molecule has 0 heterocycles. The summed E-state index contributed by atoms with van der Waals surface area (Å²) in [5, 5.41) is 10.7. The van der Waals surface area contributed by atoms with E-state index >= 15 is 0 Å². The maximum absolute atomic E-state index is 13.3. The van der Waals surface area contributed by atoms with Gasteiger partial charge < -0.3 is 5.11 Å². The number of rotatable bonds is 3. The fourth-order valence-corrected chi connectivity index (χ4v) is 3.28. The smallest absolute Gasteiger partial charge is 0.126 e. The van der Waals surface area contributed by atoms with Gasteiger partial charge in [-0.05, 0) is 54.7 Å². The second-order valence-electron chi connectivity index (χ2n) is 6.81. The van der Waals surface area contributed by atoms with Crippen LogP contribution in [0.4, 0.5) is 8.78 Å². The van der Waals surface area contributed by atoms with Crippen molar-refractivity contribution in [2.45, 2.75) is 58.5 Å². The minimum absolute atomic E-state index is 0.258. The number of hydrogen-bond donors (Lipinski definition) is 1. The van der Waals surface area contributed by atoms with Crippen LogP contribution >= 0.6 is 0 Å². The van der Waals surface area contributed by atoms with Crippen LogP contribution in [0.1, 0.15) is 58.4 Å². The zero-order valence-electron chi connectivity index (χ0n) is 12.5. The SMILES string of the molecule is CCC(C)(C)C1CCC(O)(c2cc(F)cc(F)c2)CC1. The Morgan fingerprint density at radius 3 is 2.10 bits per heavy atom. The van der Waals surface area contributed by atoms with E-state index in [2.05, 4.69) is 20.8 Å². The van der Waals surface area contributed by atoms with Crippen molar-refractivity contribution in [3.8, 4) is 0 Å². The maximum Gasteiger partial charge on any atom is 0.126 e. The fourth-order valence-electron chi connectivity index (χ4n) is 3.28. The van der Waals surface area contributed by atoms with Crippen LogP contribution in [0.25, 0.3) is 0 Å². The Morgan fingerprint density at radius 1 is 1.15 bits per heavy atom. The first kappa shape index (κ1) is 15.4. The Labute approximate surface area is 120 Å². The van der Waals surface area contributed by atoms with E-state index in [1.807, 2.05) is 0 Å². The van der Waals surface area contributed by atoms with E-state index in [0.29, 0.717) is 24.3 Å². The summed E-state index contributed by atoms with van der Waals surface area (Å²) in [7, 11) is 0. The zero-order chi connectivity index (χ0) is 15.0. The maximum atomic E-state index is 13.3. The third-order valence-electron chi connectivity index (χ3n) is 5.23. The molecule has 1 nitrogen and oxygen atoms in total. The first-order chi connectivity index (χ1) is 9.27. The molecule has 1 N–H and O–H groups in total. The Bertz CT molecular complexity index is 454. The topological polar surface area (TPSA) is 20.2 Å². The predicted octanol–water partition coefficient (Wildman–Crippen LogP) is 4.78. The minimum atomic E-state index is -1.08. The van der Waals surface area contributed by atoms with Crippen LogP contribution in [0, 0.1) is 23.0 Å². The van der Waals surface area contributed by atoms with Gasteiger partial charge in [-0.15, -0.1) is 0 Å². The molecule has 0 bridgehead atoms. The van der Waals surface area contributed by atoms with Gasteiger partial charge in [0.05, 0.1) is 5.60 Å². The van der Waals surface area contributed by atoms with Crippen molar-refractivity contribution in [1.29, 1.82) is 0 Å². The predicted molar refractivity (Wildman–Crippen MR) is 76.3 cm³/mol. The summed E-state index contributed by atoms with van der Waals surface area (Å²) < 4.78 is 26.6. The molecule has 20 heavy (non-hydrogen) atoms. The molecule has 0 aromatic heterocycles. The van der Waals surface area contributed by atoms with Crippen LogP contribution in [0.5, 0.6) is 0 Å². The molecule has 0 atom stereocenters. The summed E-state index contributed by atoms with van der Waals surface area (Å²) in [6, 6.07) is 3.36. The molecule has 0 radical (unpaired) electrons. The third-order valence-corrected chi connectivity index (χ3v) is 5.23. The van der Waals surface area contributed by atoms with Gasteiger partial charge in [0.1, 0.15) is 11.6 Å². The van der Waals surface area contributed by atoms with E-state index in [-0.39, 0.29) is 5.41 Å². The molecule has 0 spiro atoms. The third kappa shape index (κ3) is 3.03. The number of halogens is 2. The average Bonchev–Trinajstić information content (AvgIpc) is 2.38. The quantitative estimate of drug-likeness (QED) is 0.846. The van der Waals surface area contributed by atoms with Gasteiger partial charge in [-0.2, -0.15) is 0 Å². The summed E-state index contributed by atoms with van der Waals surface area (Å²) in [4.78, 5) is 0. The molecule has 1 fully saturated rings. The molecule has 3 heteroatoms. The van der Waals surface area contributed by atoms with Crippen molar-refractivity contribution in [2.75, 3.05) is 0 Å². The molecule has 1 saturated carbocycles. The van der Waals surface area contributed by atoms with E-state index < -0.39 is 17.2 Å². The molecule has 0 unspecified atom stereocenters. The van der Waals surface area contributed by atoms with Crippen molar-refractivity contribution in [3.63, 3.8) is 0 Å². The second kappa shape index (κ2) is 5.44. The van der Waals surface area contributed by atoms with Gasteiger partial charge in [-0.25, -0.2) is 8.78 Å². The summed E-state index contributed by atoms with van der Waals surface area (Å²) in [6.07, 6.45) is 4.05. The van der Waals surface area contributed by atoms with E-state index in [1.54, 1.807) is 0 Å². The molecule has 112 valence electrons. The Balaban J connectivity index is 2.15. The van der Waals surface area contributed by atoms with Gasteiger partial charge in [-0.1, -0.05) is 27.2 Å². The lowest BCUT2D eigenvalue weighted by Gasteiger charge is -2.42. The molecule has 1 aromatic rings. The largest absolute Gasteiger partial charge is 0.385 e. The highest BCUT2D eigenvalue weighted by atomic mass is 19.1. The molecular formula is C17H24F2O. The highest BCUT2D eigenvalue weighted by molar-refractivity contribution is 5.25. The van der Waals surface area contributed by atoms with Crippen molar-refractivity contribution in [3.05, 3.63) is 35.4 Å². The Kier molecular flexibility index (Phi) is 4.19. The van der Waals surface area contributed by atoms with Gasteiger partial charge in [-0.3, -0.25) is 0 Å². The van der Waals surface area contributed by atoms with Crippen molar-refractivity contribution >= 4 is 0 Å². The van der Waals surface area contributed by atoms with Crippen LogP contribution in [0.3, 0.4) is 0 Å². The lowest BCUT2D eigenvalue weighted by atomic mass is 9.65. The van der Waals surface area contributed by atoms with Gasteiger partial charge in [0.15, 0.2) is 0 Å². The molecule has 1 aromatic carbocycles. The molecular weight excluding hydrogens is 258 g/mol. The summed E-state index contributed by atoms with van der Waals surface area (Å²) >= 11 is 0. The van der Waals surface area contributed by atoms with Crippen molar-refractivity contribution in [2.24, 2.45) is 11.3 Å². The highest BCUT2D eigenvalue weighted by Gasteiger charge is 2.39. The van der Waals surface area contributed by atoms with Crippen LogP contribution in [0.2, 0.25) is 0 Å². The Hall–Kier alpha value is -0.960. The van der Waals surface area contributed by atoms with Crippen LogP contribution in [0.15, 0.2) is 18.2 Å². The molecule has 2 rings (SSSR count). The van der Waals surface area contributed by atoms with E-state index in [0.717, 1.165) is 25.3 Å². The number of hydrogen-bond acceptors (Lipinski definition) is 1. The molecule has 0 saturated heterocycles. The minimum Gasteiger partial charge on any atom is -0.385 e. The normalized spacial score (nSPS) is 27.6. The van der Waals surface area contributed by atoms with Crippen LogP contribution in [-0.2, 0) is 5.60 Å². The van der Waals surface area contributed by atoms with E-state index in [4.69, 9.17) is 0 Å². The molecule has 0 aliphatic heterocycles. The number of aliphatic hydroxyl groups is 1.